The summed E-state index contributed by atoms with van der Waals surface area (Å²) < 4.78 is 13.4. The maximum absolute atomic E-state index is 13.0. The van der Waals surface area contributed by atoms with Gasteiger partial charge in [0.1, 0.15) is 5.82 Å². The van der Waals surface area contributed by atoms with Crippen LogP contribution in [0.1, 0.15) is 31.5 Å². The Morgan fingerprint density at radius 1 is 1.38 bits per heavy atom. The molecule has 0 spiro atoms. The Kier molecular flexibility index (Phi) is 5.03. The smallest absolute Gasteiger partial charge is 0.222 e. The van der Waals surface area contributed by atoms with E-state index in [4.69, 9.17) is 9.47 Å². The number of hydrogen-bond donors (Lipinski definition) is 1. The lowest BCUT2D eigenvalue weighted by Crippen LogP contribution is -2.68. The number of likely N-dealkylation sites (tertiary alicyclic amines) is 1. The van der Waals surface area contributed by atoms with Crippen LogP contribution in [0.2, 0.25) is 0 Å². The number of nitrogens with zero attached hydrogens (tertiary/aromatic N) is 3. The monoisotopic (exact) mass is 363 g/mol. The van der Waals surface area contributed by atoms with E-state index in [1.807, 2.05) is 18.0 Å². The Balaban J connectivity index is 1.43. The molecule has 7 nitrogen and oxygen atoms in total. The quantitative estimate of drug-likeness (QED) is 0.863. The van der Waals surface area contributed by atoms with Crippen molar-refractivity contribution in [2.75, 3.05) is 33.0 Å². The highest BCUT2D eigenvalue weighted by Gasteiger charge is 2.56. The molecule has 3 fully saturated rings. The van der Waals surface area contributed by atoms with Crippen molar-refractivity contribution in [1.82, 2.24) is 14.5 Å². The van der Waals surface area contributed by atoms with Crippen LogP contribution in [0.25, 0.3) is 0 Å². The molecule has 144 valence electrons. The summed E-state index contributed by atoms with van der Waals surface area (Å²) in [6.45, 7) is 5.70. The van der Waals surface area contributed by atoms with E-state index in [1.165, 1.54) is 0 Å². The first kappa shape index (κ1) is 17.9. The number of aromatic nitrogens is 2. The highest BCUT2D eigenvalue weighted by atomic mass is 16.5. The van der Waals surface area contributed by atoms with Crippen LogP contribution in [-0.4, -0.2) is 70.1 Å². The Labute approximate surface area is 154 Å². The normalized spacial score (nSPS) is 34.2. The van der Waals surface area contributed by atoms with Gasteiger partial charge in [-0.15, -0.1) is 0 Å². The van der Waals surface area contributed by atoms with E-state index in [9.17, 15) is 9.90 Å². The van der Waals surface area contributed by atoms with E-state index < -0.39 is 5.60 Å². The van der Waals surface area contributed by atoms with Crippen LogP contribution in [0.4, 0.5) is 0 Å². The molecule has 1 N–H and O–H groups in total. The molecule has 1 aromatic rings. The van der Waals surface area contributed by atoms with Crippen molar-refractivity contribution >= 4 is 5.91 Å². The lowest BCUT2D eigenvalue weighted by atomic mass is 9.66. The van der Waals surface area contributed by atoms with Gasteiger partial charge in [-0.05, 0) is 19.8 Å². The zero-order valence-corrected chi connectivity index (χ0v) is 15.5. The number of hydrogen-bond acceptors (Lipinski definition) is 5. The molecule has 4 rings (SSSR count). The number of piperidine rings is 1. The Morgan fingerprint density at radius 3 is 3.04 bits per heavy atom. The third kappa shape index (κ3) is 3.17. The van der Waals surface area contributed by atoms with Gasteiger partial charge in [-0.25, -0.2) is 4.98 Å². The number of ether oxygens (including phenoxy) is 2. The number of fused-ring (bicyclic) bond motifs is 3. The minimum Gasteiger partial charge on any atom is -0.389 e. The first-order valence-electron chi connectivity index (χ1n) is 9.74. The summed E-state index contributed by atoms with van der Waals surface area (Å²) in [7, 11) is 0. The molecule has 0 unspecified atom stereocenters. The van der Waals surface area contributed by atoms with Crippen LogP contribution in [0, 0.1) is 18.8 Å². The van der Waals surface area contributed by atoms with E-state index in [0.29, 0.717) is 45.8 Å². The van der Waals surface area contributed by atoms with Gasteiger partial charge >= 0.3 is 0 Å². The number of rotatable bonds is 4. The van der Waals surface area contributed by atoms with Crippen molar-refractivity contribution in [3.8, 4) is 0 Å². The number of amides is 1. The third-order valence-corrected chi connectivity index (χ3v) is 6.49. The van der Waals surface area contributed by atoms with Crippen LogP contribution in [0.15, 0.2) is 12.4 Å². The topological polar surface area (TPSA) is 76.8 Å². The number of carbonyl (C=O) groups is 1. The van der Waals surface area contributed by atoms with Gasteiger partial charge in [-0.2, -0.15) is 0 Å². The van der Waals surface area contributed by atoms with Gasteiger partial charge in [-0.1, -0.05) is 0 Å². The van der Waals surface area contributed by atoms with Gasteiger partial charge in [0.15, 0.2) is 0 Å². The minimum absolute atomic E-state index is 0.00116. The van der Waals surface area contributed by atoms with Crippen molar-refractivity contribution in [3.05, 3.63) is 18.2 Å². The Bertz CT molecular complexity index is 648. The second-order valence-electron chi connectivity index (χ2n) is 7.87. The fourth-order valence-corrected chi connectivity index (χ4v) is 4.93. The molecule has 3 aliphatic rings. The predicted molar refractivity (Wildman–Crippen MR) is 94.5 cm³/mol. The number of carbonyl (C=O) groups excluding carboxylic acids is 1. The predicted octanol–water partition coefficient (Wildman–Crippen LogP) is 0.987. The van der Waals surface area contributed by atoms with Gasteiger partial charge < -0.3 is 24.0 Å². The fourth-order valence-electron chi connectivity index (χ4n) is 4.93. The van der Waals surface area contributed by atoms with Crippen molar-refractivity contribution in [3.63, 3.8) is 0 Å². The lowest BCUT2D eigenvalue weighted by molar-refractivity contribution is -0.219. The Hall–Kier alpha value is -1.44. The standard InChI is InChI=1S/C19H29N3O4/c1-14-20-6-8-21(14)7-2-3-18(23)22-11-15-12-26-10-5-19(15,24)16-13-25-9-4-17(16)22/h6,8,15-17,24H,2-5,7,9-13H2,1H3/t15-,16+,17-,19-/m1/s1. The zero-order valence-electron chi connectivity index (χ0n) is 15.5. The summed E-state index contributed by atoms with van der Waals surface area (Å²) in [6.07, 6.45) is 6.52. The molecule has 4 atom stereocenters. The molecule has 0 radical (unpaired) electrons. The number of aryl methyl sites for hydroxylation is 2. The van der Waals surface area contributed by atoms with Gasteiger partial charge in [0.05, 0.1) is 18.8 Å². The molecule has 26 heavy (non-hydrogen) atoms. The van der Waals surface area contributed by atoms with Crippen molar-refractivity contribution < 1.29 is 19.4 Å². The molecule has 0 bridgehead atoms. The zero-order chi connectivity index (χ0) is 18.1. The summed E-state index contributed by atoms with van der Waals surface area (Å²) in [5, 5.41) is 11.3. The third-order valence-electron chi connectivity index (χ3n) is 6.49. The van der Waals surface area contributed by atoms with Crippen LogP contribution >= 0.6 is 0 Å². The summed E-state index contributed by atoms with van der Waals surface area (Å²) in [5.41, 5.74) is -0.756. The van der Waals surface area contributed by atoms with Crippen molar-refractivity contribution in [1.29, 1.82) is 0 Å². The van der Waals surface area contributed by atoms with Gasteiger partial charge in [-0.3, -0.25) is 4.79 Å². The van der Waals surface area contributed by atoms with Crippen LogP contribution in [-0.2, 0) is 20.8 Å². The summed E-state index contributed by atoms with van der Waals surface area (Å²) >= 11 is 0. The van der Waals surface area contributed by atoms with Crippen LogP contribution in [0.3, 0.4) is 0 Å². The molecule has 1 amide bonds. The van der Waals surface area contributed by atoms with E-state index in [2.05, 4.69) is 9.55 Å². The van der Waals surface area contributed by atoms with Crippen molar-refractivity contribution in [2.24, 2.45) is 11.8 Å². The fraction of sp³-hybridized carbons (Fsp3) is 0.789. The van der Waals surface area contributed by atoms with E-state index >= 15 is 0 Å². The highest BCUT2D eigenvalue weighted by molar-refractivity contribution is 5.76. The molecule has 1 aromatic heterocycles. The first-order chi connectivity index (χ1) is 12.6. The summed E-state index contributed by atoms with van der Waals surface area (Å²) in [4.78, 5) is 19.2. The molecule has 7 heteroatoms. The summed E-state index contributed by atoms with van der Waals surface area (Å²) in [6, 6.07) is 0.0885. The number of aliphatic hydroxyl groups is 1. The second kappa shape index (κ2) is 7.29. The molecule has 0 aromatic carbocycles. The van der Waals surface area contributed by atoms with E-state index in [0.717, 1.165) is 25.2 Å². The van der Waals surface area contributed by atoms with Gasteiger partial charge in [0, 0.05) is 69.4 Å². The highest BCUT2D eigenvalue weighted by Crippen LogP contribution is 2.44. The van der Waals surface area contributed by atoms with Crippen molar-refractivity contribution in [2.45, 2.75) is 50.8 Å². The molecular formula is C19H29N3O4. The molecule has 3 saturated heterocycles. The molecule has 0 aliphatic carbocycles. The van der Waals surface area contributed by atoms with Gasteiger partial charge in [0.25, 0.3) is 0 Å². The minimum atomic E-state index is -0.756. The second-order valence-corrected chi connectivity index (χ2v) is 7.87. The van der Waals surface area contributed by atoms with Gasteiger partial charge in [0.2, 0.25) is 5.91 Å². The maximum Gasteiger partial charge on any atom is 0.222 e. The lowest BCUT2D eigenvalue weighted by Gasteiger charge is -2.57. The molecular weight excluding hydrogens is 334 g/mol. The first-order valence-corrected chi connectivity index (χ1v) is 9.74. The number of imidazole rings is 1. The average molecular weight is 363 g/mol. The maximum atomic E-state index is 13.0. The van der Waals surface area contributed by atoms with E-state index in [-0.39, 0.29) is 23.8 Å². The Morgan fingerprint density at radius 2 is 2.23 bits per heavy atom. The molecule has 0 saturated carbocycles. The van der Waals surface area contributed by atoms with Crippen LogP contribution in [0.5, 0.6) is 0 Å². The largest absolute Gasteiger partial charge is 0.389 e. The summed E-state index contributed by atoms with van der Waals surface area (Å²) in [5.74, 6) is 1.15. The SMILES string of the molecule is Cc1nccn1CCCC(=O)N1C[C@@H]2COCC[C@]2(O)[C@H]2COCC[C@H]21. The molecule has 3 aliphatic heterocycles. The molecule has 4 heterocycles. The van der Waals surface area contributed by atoms with Crippen LogP contribution < -0.4 is 0 Å². The van der Waals surface area contributed by atoms with E-state index in [1.54, 1.807) is 6.20 Å². The average Bonchev–Trinajstić information content (AvgIpc) is 3.06.